The van der Waals surface area contributed by atoms with Crippen molar-refractivity contribution < 1.29 is 9.47 Å². The molecule has 7 heteroatoms. The Hall–Kier alpha value is -3.35. The average Bonchev–Trinajstić information content (AvgIpc) is 2.67. The Balaban J connectivity index is 1.69. The van der Waals surface area contributed by atoms with E-state index in [0.29, 0.717) is 23.9 Å². The van der Waals surface area contributed by atoms with Gasteiger partial charge in [-0.2, -0.15) is 0 Å². The Labute approximate surface area is 146 Å². The topological polar surface area (TPSA) is 81.2 Å². The first kappa shape index (κ1) is 16.5. The Morgan fingerprint density at radius 1 is 0.960 bits per heavy atom. The molecule has 0 saturated carbocycles. The van der Waals surface area contributed by atoms with Gasteiger partial charge in [0.05, 0.1) is 14.2 Å². The van der Waals surface area contributed by atoms with E-state index in [1.54, 1.807) is 20.4 Å². The molecule has 0 atom stereocenters. The maximum atomic E-state index is 5.31. The van der Waals surface area contributed by atoms with Gasteiger partial charge in [0.15, 0.2) is 11.5 Å². The third-order valence-corrected chi connectivity index (χ3v) is 3.52. The minimum atomic E-state index is 0.640. The summed E-state index contributed by atoms with van der Waals surface area (Å²) in [5, 5.41) is 6.48. The van der Waals surface area contributed by atoms with E-state index in [-0.39, 0.29) is 0 Å². The smallest absolute Gasteiger partial charge is 0.162 e. The summed E-state index contributed by atoms with van der Waals surface area (Å²) in [5.41, 5.74) is 1.92. The summed E-state index contributed by atoms with van der Waals surface area (Å²) in [6.07, 6.45) is 5.07. The van der Waals surface area contributed by atoms with Gasteiger partial charge in [0.2, 0.25) is 0 Å². The molecule has 1 aromatic carbocycles. The molecule has 0 aliphatic carbocycles. The molecule has 0 radical (unpaired) electrons. The highest BCUT2D eigenvalue weighted by Crippen LogP contribution is 2.30. The molecule has 0 spiro atoms. The molecule has 3 aromatic rings. The van der Waals surface area contributed by atoms with Gasteiger partial charge >= 0.3 is 0 Å². The number of anilines is 3. The van der Waals surface area contributed by atoms with Crippen LogP contribution in [-0.2, 0) is 6.54 Å². The standard InChI is InChI=1S/C18H19N5O2/c1-24-15-6-5-14(8-16(15)25-2)23-18-9-17(21-12-22-18)20-11-13-4-3-7-19-10-13/h3-10,12H,11H2,1-2H3,(H2,20,21,22,23). The van der Waals surface area contributed by atoms with Crippen LogP contribution in [0.4, 0.5) is 17.3 Å². The van der Waals surface area contributed by atoms with Gasteiger partial charge in [-0.25, -0.2) is 9.97 Å². The number of hydrogen-bond donors (Lipinski definition) is 2. The fraction of sp³-hybridized carbons (Fsp3) is 0.167. The average molecular weight is 337 g/mol. The largest absolute Gasteiger partial charge is 0.493 e. The lowest BCUT2D eigenvalue weighted by Crippen LogP contribution is -2.03. The first-order chi connectivity index (χ1) is 12.3. The van der Waals surface area contributed by atoms with Crippen LogP contribution in [0.2, 0.25) is 0 Å². The van der Waals surface area contributed by atoms with Crippen molar-refractivity contribution in [1.82, 2.24) is 15.0 Å². The maximum Gasteiger partial charge on any atom is 0.162 e. The first-order valence-corrected chi connectivity index (χ1v) is 7.72. The summed E-state index contributed by atoms with van der Waals surface area (Å²) < 4.78 is 10.6. The quantitative estimate of drug-likeness (QED) is 0.685. The van der Waals surface area contributed by atoms with E-state index in [4.69, 9.17) is 9.47 Å². The van der Waals surface area contributed by atoms with Crippen molar-refractivity contribution in [1.29, 1.82) is 0 Å². The van der Waals surface area contributed by atoms with Crippen molar-refractivity contribution in [2.45, 2.75) is 6.54 Å². The zero-order valence-corrected chi connectivity index (χ0v) is 14.1. The van der Waals surface area contributed by atoms with E-state index >= 15 is 0 Å². The second kappa shape index (κ2) is 7.96. The molecule has 0 fully saturated rings. The molecule has 0 aliphatic heterocycles. The molecule has 0 amide bonds. The number of benzene rings is 1. The zero-order valence-electron chi connectivity index (χ0n) is 14.1. The normalized spacial score (nSPS) is 10.2. The zero-order chi connectivity index (χ0) is 17.5. The van der Waals surface area contributed by atoms with Gasteiger partial charge < -0.3 is 20.1 Å². The van der Waals surface area contributed by atoms with Crippen LogP contribution in [0, 0.1) is 0 Å². The van der Waals surface area contributed by atoms with Gasteiger partial charge in [-0.05, 0) is 23.8 Å². The third kappa shape index (κ3) is 4.35. The number of hydrogen-bond acceptors (Lipinski definition) is 7. The molecule has 2 N–H and O–H groups in total. The highest BCUT2D eigenvalue weighted by Gasteiger charge is 2.06. The third-order valence-electron chi connectivity index (χ3n) is 3.52. The number of pyridine rings is 1. The van der Waals surface area contributed by atoms with Crippen LogP contribution in [0.5, 0.6) is 11.5 Å². The second-order valence-corrected chi connectivity index (χ2v) is 5.20. The Kier molecular flexibility index (Phi) is 5.26. The van der Waals surface area contributed by atoms with Gasteiger partial charge in [-0.3, -0.25) is 4.98 Å². The Bertz CT molecular complexity index is 827. The van der Waals surface area contributed by atoms with Crippen molar-refractivity contribution in [3.63, 3.8) is 0 Å². The lowest BCUT2D eigenvalue weighted by molar-refractivity contribution is 0.355. The molecule has 0 bridgehead atoms. The molecule has 3 rings (SSSR count). The van der Waals surface area contributed by atoms with E-state index in [1.165, 1.54) is 6.33 Å². The van der Waals surface area contributed by atoms with Crippen molar-refractivity contribution in [3.8, 4) is 11.5 Å². The van der Waals surface area contributed by atoms with Crippen LogP contribution < -0.4 is 20.1 Å². The van der Waals surface area contributed by atoms with Gasteiger partial charge in [0.1, 0.15) is 18.0 Å². The van der Waals surface area contributed by atoms with E-state index in [0.717, 1.165) is 17.1 Å². The van der Waals surface area contributed by atoms with Crippen molar-refractivity contribution in [2.75, 3.05) is 24.9 Å². The van der Waals surface area contributed by atoms with Crippen molar-refractivity contribution in [3.05, 3.63) is 60.7 Å². The van der Waals surface area contributed by atoms with E-state index in [9.17, 15) is 0 Å². The summed E-state index contributed by atoms with van der Waals surface area (Å²) in [7, 11) is 3.21. The van der Waals surface area contributed by atoms with Crippen molar-refractivity contribution in [2.24, 2.45) is 0 Å². The highest BCUT2D eigenvalue weighted by molar-refractivity contribution is 5.62. The monoisotopic (exact) mass is 337 g/mol. The highest BCUT2D eigenvalue weighted by atomic mass is 16.5. The molecule has 25 heavy (non-hydrogen) atoms. The molecule has 0 saturated heterocycles. The predicted molar refractivity (Wildman–Crippen MR) is 96.4 cm³/mol. The second-order valence-electron chi connectivity index (χ2n) is 5.20. The Morgan fingerprint density at radius 2 is 1.80 bits per heavy atom. The van der Waals surface area contributed by atoms with Crippen molar-refractivity contribution >= 4 is 17.3 Å². The minimum Gasteiger partial charge on any atom is -0.493 e. The minimum absolute atomic E-state index is 0.640. The SMILES string of the molecule is COc1ccc(Nc2cc(NCc3cccnc3)ncn2)cc1OC. The summed E-state index contributed by atoms with van der Waals surface area (Å²) >= 11 is 0. The van der Waals surface area contributed by atoms with Gasteiger partial charge in [0, 0.05) is 36.8 Å². The molecule has 7 nitrogen and oxygen atoms in total. The Morgan fingerprint density at radius 3 is 2.56 bits per heavy atom. The van der Waals surface area contributed by atoms with Gasteiger partial charge in [0.25, 0.3) is 0 Å². The number of nitrogens with zero attached hydrogens (tertiary/aromatic N) is 3. The first-order valence-electron chi connectivity index (χ1n) is 7.72. The molecule has 0 aliphatic rings. The molecular weight excluding hydrogens is 318 g/mol. The lowest BCUT2D eigenvalue weighted by atomic mass is 10.2. The molecule has 2 heterocycles. The molecule has 0 unspecified atom stereocenters. The number of rotatable bonds is 7. The van der Waals surface area contributed by atoms with Crippen LogP contribution in [0.15, 0.2) is 55.1 Å². The van der Waals surface area contributed by atoms with Crippen LogP contribution >= 0.6 is 0 Å². The van der Waals surface area contributed by atoms with Gasteiger partial charge in [-0.15, -0.1) is 0 Å². The maximum absolute atomic E-state index is 5.31. The van der Waals surface area contributed by atoms with E-state index in [1.807, 2.05) is 42.6 Å². The number of aromatic nitrogens is 3. The fourth-order valence-corrected chi connectivity index (χ4v) is 2.28. The molecule has 2 aromatic heterocycles. The summed E-state index contributed by atoms with van der Waals surface area (Å²) in [4.78, 5) is 12.6. The fourth-order valence-electron chi connectivity index (χ4n) is 2.28. The molecule has 128 valence electrons. The van der Waals surface area contributed by atoms with E-state index in [2.05, 4.69) is 25.6 Å². The summed E-state index contributed by atoms with van der Waals surface area (Å²) in [5.74, 6) is 2.73. The number of methoxy groups -OCH3 is 2. The lowest BCUT2D eigenvalue weighted by Gasteiger charge is -2.11. The van der Waals surface area contributed by atoms with Crippen LogP contribution in [-0.4, -0.2) is 29.2 Å². The van der Waals surface area contributed by atoms with Crippen LogP contribution in [0.3, 0.4) is 0 Å². The predicted octanol–water partition coefficient (Wildman–Crippen LogP) is 3.24. The van der Waals surface area contributed by atoms with Gasteiger partial charge in [-0.1, -0.05) is 6.07 Å². The summed E-state index contributed by atoms with van der Waals surface area (Å²) in [6.45, 7) is 0.640. The number of ether oxygens (including phenoxy) is 2. The van der Waals surface area contributed by atoms with Crippen LogP contribution in [0.1, 0.15) is 5.56 Å². The van der Waals surface area contributed by atoms with Crippen LogP contribution in [0.25, 0.3) is 0 Å². The number of nitrogens with one attached hydrogen (secondary N) is 2. The van der Waals surface area contributed by atoms with E-state index < -0.39 is 0 Å². The summed E-state index contributed by atoms with van der Waals surface area (Å²) in [6, 6.07) is 11.3. The molecular formula is C18H19N5O2.